The van der Waals surface area contributed by atoms with E-state index in [4.69, 9.17) is 5.73 Å². The van der Waals surface area contributed by atoms with Crippen LogP contribution in [0.25, 0.3) is 0 Å². The Morgan fingerprint density at radius 1 is 1.41 bits per heavy atom. The summed E-state index contributed by atoms with van der Waals surface area (Å²) in [4.78, 5) is 11.9. The molecule has 0 saturated heterocycles. The molecule has 5 nitrogen and oxygen atoms in total. The molecule has 4 N–H and O–H groups in total. The van der Waals surface area contributed by atoms with Crippen molar-refractivity contribution in [2.45, 2.75) is 0 Å². The number of hydrogen-bond acceptors (Lipinski definition) is 3. The topological polar surface area (TPSA) is 83.8 Å². The first-order chi connectivity index (χ1) is 8.08. The minimum absolute atomic E-state index is 0.247. The number of amides is 1. The van der Waals surface area contributed by atoms with E-state index in [1.807, 2.05) is 12.1 Å². The lowest BCUT2D eigenvalue weighted by Crippen LogP contribution is -2.14. The quantitative estimate of drug-likeness (QED) is 0.770. The van der Waals surface area contributed by atoms with Crippen LogP contribution in [0.3, 0.4) is 0 Å². The van der Waals surface area contributed by atoms with E-state index < -0.39 is 0 Å². The molecule has 0 aliphatic heterocycles. The second-order valence-corrected chi connectivity index (χ2v) is 5.05. The first-order valence-corrected chi connectivity index (χ1v) is 6.22. The van der Waals surface area contributed by atoms with Gasteiger partial charge in [0.05, 0.1) is 17.6 Å². The Labute approximate surface area is 114 Å². The first-order valence-electron chi connectivity index (χ1n) is 4.63. The highest BCUT2D eigenvalue weighted by Gasteiger charge is 2.13. The normalized spacial score (nSPS) is 10.2. The smallest absolute Gasteiger partial charge is 0.275 e. The van der Waals surface area contributed by atoms with Crippen molar-refractivity contribution in [2.24, 2.45) is 0 Å². The van der Waals surface area contributed by atoms with Gasteiger partial charge in [-0.1, -0.05) is 15.9 Å². The summed E-state index contributed by atoms with van der Waals surface area (Å²) >= 11 is 6.68. The van der Waals surface area contributed by atoms with E-state index in [0.29, 0.717) is 11.4 Å². The van der Waals surface area contributed by atoms with Crippen molar-refractivity contribution in [1.29, 1.82) is 0 Å². The number of nitrogens with zero attached hydrogens (tertiary/aromatic N) is 1. The Morgan fingerprint density at radius 3 is 2.82 bits per heavy atom. The van der Waals surface area contributed by atoms with Gasteiger partial charge in [-0.3, -0.25) is 9.89 Å². The largest absolute Gasteiger partial charge is 0.396 e. The Bertz CT molecular complexity index is 567. The van der Waals surface area contributed by atoms with Crippen molar-refractivity contribution in [3.8, 4) is 0 Å². The molecule has 1 aromatic carbocycles. The third kappa shape index (κ3) is 2.67. The van der Waals surface area contributed by atoms with Crippen LogP contribution in [0.5, 0.6) is 0 Å². The fourth-order valence-corrected chi connectivity index (χ4v) is 1.96. The molecule has 17 heavy (non-hydrogen) atoms. The molecule has 7 heteroatoms. The number of nitrogens with one attached hydrogen (secondary N) is 2. The average molecular weight is 360 g/mol. The predicted molar refractivity (Wildman–Crippen MR) is 72.8 cm³/mol. The van der Waals surface area contributed by atoms with E-state index in [1.165, 1.54) is 6.20 Å². The molecule has 1 aromatic heterocycles. The number of carbonyl (C=O) groups is 1. The van der Waals surface area contributed by atoms with Gasteiger partial charge in [-0.05, 0) is 34.1 Å². The van der Waals surface area contributed by atoms with Crippen molar-refractivity contribution in [1.82, 2.24) is 10.2 Å². The van der Waals surface area contributed by atoms with Gasteiger partial charge < -0.3 is 11.1 Å². The highest BCUT2D eigenvalue weighted by Crippen LogP contribution is 2.26. The molecule has 2 rings (SSSR count). The molecule has 0 fully saturated rings. The van der Waals surface area contributed by atoms with E-state index in [9.17, 15) is 4.79 Å². The number of aromatic nitrogens is 2. The van der Waals surface area contributed by atoms with Crippen LogP contribution in [0.4, 0.5) is 11.4 Å². The molecular formula is C10H8Br2N4O. The monoisotopic (exact) mass is 358 g/mol. The second-order valence-electron chi connectivity index (χ2n) is 3.28. The maximum Gasteiger partial charge on any atom is 0.275 e. The van der Waals surface area contributed by atoms with Gasteiger partial charge in [-0.15, -0.1) is 0 Å². The lowest BCUT2D eigenvalue weighted by atomic mass is 10.3. The Morgan fingerprint density at radius 2 is 2.18 bits per heavy atom. The van der Waals surface area contributed by atoms with Gasteiger partial charge in [-0.2, -0.15) is 5.10 Å². The number of anilines is 2. The molecular weight excluding hydrogens is 352 g/mol. The molecule has 0 spiro atoms. The van der Waals surface area contributed by atoms with E-state index in [1.54, 1.807) is 6.07 Å². The van der Waals surface area contributed by atoms with Crippen LogP contribution in [0.2, 0.25) is 0 Å². The third-order valence-corrected chi connectivity index (χ3v) is 3.26. The number of H-pyrrole nitrogens is 1. The zero-order chi connectivity index (χ0) is 12.4. The molecule has 0 atom stereocenters. The van der Waals surface area contributed by atoms with Gasteiger partial charge in [0.15, 0.2) is 0 Å². The lowest BCUT2D eigenvalue weighted by Gasteiger charge is -2.07. The summed E-state index contributed by atoms with van der Waals surface area (Å²) in [5.41, 5.74) is 6.80. The van der Waals surface area contributed by atoms with Crippen LogP contribution in [0, 0.1) is 0 Å². The standard InChI is InChI=1S/C10H8Br2N4O/c11-5-1-2-6(12)8(3-5)15-10(17)9-7(13)4-14-16-9/h1-4H,13H2,(H,14,16)(H,15,17). The number of carbonyl (C=O) groups excluding carboxylic acids is 1. The van der Waals surface area contributed by atoms with E-state index >= 15 is 0 Å². The molecule has 0 bridgehead atoms. The van der Waals surface area contributed by atoms with Gasteiger partial charge in [0.1, 0.15) is 5.69 Å². The number of aromatic amines is 1. The molecule has 2 aromatic rings. The molecule has 0 aliphatic rings. The van der Waals surface area contributed by atoms with E-state index in [-0.39, 0.29) is 11.6 Å². The fraction of sp³-hybridized carbons (Fsp3) is 0. The zero-order valence-electron chi connectivity index (χ0n) is 8.50. The maximum absolute atomic E-state index is 11.9. The van der Waals surface area contributed by atoms with Crippen LogP contribution < -0.4 is 11.1 Å². The van der Waals surface area contributed by atoms with E-state index in [0.717, 1.165) is 8.95 Å². The van der Waals surface area contributed by atoms with Crippen LogP contribution in [-0.4, -0.2) is 16.1 Å². The second kappa shape index (κ2) is 4.89. The SMILES string of the molecule is Nc1cn[nH]c1C(=O)Nc1cc(Br)ccc1Br. The van der Waals surface area contributed by atoms with Crippen molar-refractivity contribution in [3.63, 3.8) is 0 Å². The number of nitrogen functional groups attached to an aromatic ring is 1. The number of hydrogen-bond donors (Lipinski definition) is 3. The molecule has 1 heterocycles. The molecule has 0 radical (unpaired) electrons. The summed E-state index contributed by atoms with van der Waals surface area (Å²) in [6, 6.07) is 5.48. The minimum atomic E-state index is -0.334. The summed E-state index contributed by atoms with van der Waals surface area (Å²) < 4.78 is 1.65. The maximum atomic E-state index is 11.9. The molecule has 0 unspecified atom stereocenters. The third-order valence-electron chi connectivity index (χ3n) is 2.07. The van der Waals surface area contributed by atoms with Gasteiger partial charge in [0, 0.05) is 8.95 Å². The zero-order valence-corrected chi connectivity index (χ0v) is 11.7. The molecule has 0 saturated carbocycles. The number of rotatable bonds is 2. The summed E-state index contributed by atoms with van der Waals surface area (Å²) in [6.45, 7) is 0. The minimum Gasteiger partial charge on any atom is -0.396 e. The molecule has 0 aliphatic carbocycles. The Balaban J connectivity index is 2.24. The summed E-state index contributed by atoms with van der Waals surface area (Å²) in [5.74, 6) is -0.334. The molecule has 1 amide bonds. The van der Waals surface area contributed by atoms with Crippen molar-refractivity contribution < 1.29 is 4.79 Å². The Hall–Kier alpha value is -1.34. The summed E-state index contributed by atoms with van der Waals surface area (Å²) in [7, 11) is 0. The summed E-state index contributed by atoms with van der Waals surface area (Å²) in [5, 5.41) is 8.97. The predicted octanol–water partition coefficient (Wildman–Crippen LogP) is 2.77. The van der Waals surface area contributed by atoms with Crippen LogP contribution in [-0.2, 0) is 0 Å². The number of nitrogens with two attached hydrogens (primary N) is 1. The highest BCUT2D eigenvalue weighted by atomic mass is 79.9. The number of benzene rings is 1. The van der Waals surface area contributed by atoms with Crippen molar-refractivity contribution in [3.05, 3.63) is 39.0 Å². The van der Waals surface area contributed by atoms with E-state index in [2.05, 4.69) is 47.4 Å². The van der Waals surface area contributed by atoms with Crippen molar-refractivity contribution in [2.75, 3.05) is 11.1 Å². The van der Waals surface area contributed by atoms with Crippen LogP contribution >= 0.6 is 31.9 Å². The van der Waals surface area contributed by atoms with Crippen LogP contribution in [0.1, 0.15) is 10.5 Å². The Kier molecular flexibility index (Phi) is 3.49. The lowest BCUT2D eigenvalue weighted by molar-refractivity contribution is 0.102. The highest BCUT2D eigenvalue weighted by molar-refractivity contribution is 9.11. The summed E-state index contributed by atoms with van der Waals surface area (Å²) in [6.07, 6.45) is 1.39. The van der Waals surface area contributed by atoms with Gasteiger partial charge >= 0.3 is 0 Å². The molecule has 88 valence electrons. The fourth-order valence-electron chi connectivity index (χ4n) is 1.26. The van der Waals surface area contributed by atoms with Gasteiger partial charge in [-0.25, -0.2) is 0 Å². The van der Waals surface area contributed by atoms with Gasteiger partial charge in [0.25, 0.3) is 5.91 Å². The van der Waals surface area contributed by atoms with Crippen LogP contribution in [0.15, 0.2) is 33.3 Å². The first kappa shape index (κ1) is 12.1. The van der Waals surface area contributed by atoms with Crippen molar-refractivity contribution >= 4 is 49.1 Å². The number of halogens is 2. The average Bonchev–Trinajstić information content (AvgIpc) is 2.70. The van der Waals surface area contributed by atoms with Gasteiger partial charge in [0.2, 0.25) is 0 Å².